The van der Waals surface area contributed by atoms with Gasteiger partial charge in [0.15, 0.2) is 17.3 Å². The summed E-state index contributed by atoms with van der Waals surface area (Å²) in [5, 5.41) is 0. The van der Waals surface area contributed by atoms with Gasteiger partial charge in [-0.25, -0.2) is 0 Å². The van der Waals surface area contributed by atoms with Gasteiger partial charge in [0, 0.05) is 36.3 Å². The Morgan fingerprint density at radius 3 is 1.93 bits per heavy atom. The number of ether oxygens (including phenoxy) is 1. The fourth-order valence-corrected chi connectivity index (χ4v) is 8.56. The van der Waals surface area contributed by atoms with Crippen molar-refractivity contribution in [1.29, 1.82) is 0 Å². The molecule has 1 unspecified atom stereocenters. The fourth-order valence-electron chi connectivity index (χ4n) is 6.70. The zero-order chi connectivity index (χ0) is 32.3. The van der Waals surface area contributed by atoms with Crippen LogP contribution in [0.3, 0.4) is 0 Å². The topological polar surface area (TPSA) is 150 Å². The van der Waals surface area contributed by atoms with Crippen molar-refractivity contribution in [1.82, 2.24) is 0 Å². The molecule has 2 aliphatic heterocycles. The molecule has 13 heteroatoms. The largest absolute Gasteiger partial charge is 0.466 e. The normalized spacial score (nSPS) is 22.2. The Morgan fingerprint density at radius 2 is 1.40 bits per heavy atom. The van der Waals surface area contributed by atoms with E-state index >= 15 is 0 Å². The first-order chi connectivity index (χ1) is 21.2. The van der Waals surface area contributed by atoms with Crippen LogP contribution in [0.25, 0.3) is 0 Å². The highest BCUT2D eigenvalue weighted by molar-refractivity contribution is 7.87. The number of ketones is 1. The lowest BCUT2D eigenvalue weighted by molar-refractivity contribution is -0.141. The number of anilines is 1. The molecule has 3 aromatic carbocycles. The number of hydrogen-bond acceptors (Lipinski definition) is 10. The van der Waals surface area contributed by atoms with Crippen molar-refractivity contribution in [3.8, 4) is 11.5 Å². The Kier molecular flexibility index (Phi) is 7.51. The maximum Gasteiger partial charge on any atom is 0.339 e. The summed E-state index contributed by atoms with van der Waals surface area (Å²) >= 11 is 0. The highest BCUT2D eigenvalue weighted by atomic mass is 32.2. The molecule has 0 aromatic heterocycles. The standard InChI is InChI=1S/C32H31NO10S2/c1-19-4-8-22(9-5-19)44(37,38)42-27-16-25-26(17-28(27)43-45(39,40)23-10-6-20(2)7-11-23)33-29(35)18-32(14-15-41-21(3)34)13-12-24(30(25)36)31(32)33/h4-11,16-17,24,31H,12-15,18H2,1-3H3/t24-,31?,32+/m1/s1. The van der Waals surface area contributed by atoms with Crippen LogP contribution in [0.4, 0.5) is 5.69 Å². The number of Topliss-reactive ketones (excluding diaryl/α,β-unsaturated/α-hetero) is 1. The van der Waals surface area contributed by atoms with Gasteiger partial charge in [-0.3, -0.25) is 14.4 Å². The van der Waals surface area contributed by atoms with Crippen LogP contribution in [0.2, 0.25) is 0 Å². The van der Waals surface area contributed by atoms with Crippen LogP contribution in [0.5, 0.6) is 11.5 Å². The molecule has 11 nitrogen and oxygen atoms in total. The third kappa shape index (κ3) is 5.48. The number of nitrogens with zero attached hydrogens (tertiary/aromatic N) is 1. The van der Waals surface area contributed by atoms with E-state index in [9.17, 15) is 31.2 Å². The summed E-state index contributed by atoms with van der Waals surface area (Å²) in [6, 6.07) is 13.5. The average molecular weight is 654 g/mol. The van der Waals surface area contributed by atoms with Gasteiger partial charge >= 0.3 is 26.2 Å². The van der Waals surface area contributed by atoms with Gasteiger partial charge in [0.05, 0.1) is 18.3 Å². The monoisotopic (exact) mass is 653 g/mol. The maximum atomic E-state index is 13.9. The van der Waals surface area contributed by atoms with Crippen molar-refractivity contribution >= 4 is 43.6 Å². The third-order valence-electron chi connectivity index (χ3n) is 8.86. The van der Waals surface area contributed by atoms with Crippen LogP contribution in [-0.4, -0.2) is 47.1 Å². The second-order valence-electron chi connectivity index (χ2n) is 11.9. The van der Waals surface area contributed by atoms with E-state index in [1.807, 2.05) is 0 Å². The van der Waals surface area contributed by atoms with E-state index in [4.69, 9.17) is 13.1 Å². The van der Waals surface area contributed by atoms with Gasteiger partial charge < -0.3 is 18.0 Å². The molecule has 2 heterocycles. The molecule has 0 radical (unpaired) electrons. The zero-order valence-corrected chi connectivity index (χ0v) is 26.4. The van der Waals surface area contributed by atoms with Gasteiger partial charge in [-0.15, -0.1) is 0 Å². The summed E-state index contributed by atoms with van der Waals surface area (Å²) in [6.07, 6.45) is 1.51. The first kappa shape index (κ1) is 30.8. The van der Waals surface area contributed by atoms with E-state index in [1.165, 1.54) is 42.2 Å². The Morgan fingerprint density at radius 1 is 0.867 bits per heavy atom. The fraction of sp³-hybridized carbons (Fsp3) is 0.344. The molecule has 0 bridgehead atoms. The average Bonchev–Trinajstić information content (AvgIpc) is 3.46. The quantitative estimate of drug-likeness (QED) is 0.239. The van der Waals surface area contributed by atoms with E-state index < -0.39 is 55.1 Å². The molecule has 45 heavy (non-hydrogen) atoms. The number of amides is 1. The predicted octanol–water partition coefficient (Wildman–Crippen LogP) is 4.49. The highest BCUT2D eigenvalue weighted by Crippen LogP contribution is 2.59. The number of rotatable bonds is 9. The lowest BCUT2D eigenvalue weighted by Crippen LogP contribution is -2.48. The van der Waals surface area contributed by atoms with E-state index in [2.05, 4.69) is 0 Å². The minimum atomic E-state index is -4.51. The van der Waals surface area contributed by atoms with E-state index in [0.29, 0.717) is 19.3 Å². The van der Waals surface area contributed by atoms with Crippen molar-refractivity contribution in [2.45, 2.75) is 62.3 Å². The summed E-state index contributed by atoms with van der Waals surface area (Å²) in [7, 11) is -9.00. The lowest BCUT2D eigenvalue weighted by atomic mass is 9.75. The molecule has 1 amide bonds. The first-order valence-electron chi connectivity index (χ1n) is 14.4. The molecular weight excluding hydrogens is 622 g/mol. The summed E-state index contributed by atoms with van der Waals surface area (Å²) in [4.78, 5) is 40.0. The van der Waals surface area contributed by atoms with Crippen LogP contribution in [0.15, 0.2) is 70.5 Å². The van der Waals surface area contributed by atoms with Gasteiger partial charge in [0.25, 0.3) is 0 Å². The summed E-state index contributed by atoms with van der Waals surface area (Å²) < 4.78 is 69.6. The van der Waals surface area contributed by atoms with Gasteiger partial charge in [-0.1, -0.05) is 35.4 Å². The Balaban J connectivity index is 1.46. The van der Waals surface area contributed by atoms with E-state index in [1.54, 1.807) is 38.1 Å². The van der Waals surface area contributed by atoms with Gasteiger partial charge in [0.1, 0.15) is 9.79 Å². The van der Waals surface area contributed by atoms with Crippen LogP contribution in [0, 0.1) is 25.2 Å². The third-order valence-corrected chi connectivity index (χ3v) is 11.4. The Bertz CT molecular complexity index is 1940. The molecule has 3 aliphatic rings. The minimum Gasteiger partial charge on any atom is -0.466 e. The number of aryl methyl sites for hydroxylation is 2. The Labute approximate surface area is 261 Å². The van der Waals surface area contributed by atoms with Crippen LogP contribution in [0.1, 0.15) is 54.1 Å². The molecule has 0 N–H and O–H groups in total. The number of esters is 1. The van der Waals surface area contributed by atoms with E-state index in [0.717, 1.165) is 17.2 Å². The van der Waals surface area contributed by atoms with Crippen molar-refractivity contribution in [3.63, 3.8) is 0 Å². The molecule has 2 fully saturated rings. The predicted molar refractivity (Wildman–Crippen MR) is 161 cm³/mol. The minimum absolute atomic E-state index is 0.0245. The van der Waals surface area contributed by atoms with Gasteiger partial charge in [-0.05, 0) is 63.4 Å². The van der Waals surface area contributed by atoms with Gasteiger partial charge in [-0.2, -0.15) is 16.8 Å². The van der Waals surface area contributed by atoms with Crippen molar-refractivity contribution in [2.75, 3.05) is 11.5 Å². The highest BCUT2D eigenvalue weighted by Gasteiger charge is 2.62. The van der Waals surface area contributed by atoms with Crippen LogP contribution >= 0.6 is 0 Å². The van der Waals surface area contributed by atoms with Crippen molar-refractivity contribution in [3.05, 3.63) is 77.4 Å². The van der Waals surface area contributed by atoms with Crippen molar-refractivity contribution < 1.29 is 44.3 Å². The summed E-state index contributed by atoms with van der Waals surface area (Å²) in [6.45, 7) is 4.96. The first-order valence-corrected chi connectivity index (χ1v) is 17.2. The maximum absolute atomic E-state index is 13.9. The molecule has 6 rings (SSSR count). The van der Waals surface area contributed by atoms with E-state index in [-0.39, 0.29) is 45.8 Å². The van der Waals surface area contributed by atoms with Gasteiger partial charge in [0.2, 0.25) is 5.91 Å². The van der Waals surface area contributed by atoms with Crippen molar-refractivity contribution in [2.24, 2.45) is 11.3 Å². The number of carbonyl (C=O) groups excluding carboxylic acids is 3. The molecule has 1 saturated carbocycles. The van der Waals surface area contributed by atoms with Crippen LogP contribution < -0.4 is 13.3 Å². The van der Waals surface area contributed by atoms with Crippen LogP contribution in [-0.2, 0) is 34.6 Å². The molecular formula is C32H31NO10S2. The number of fused-ring (bicyclic) bond motifs is 2. The SMILES string of the molecule is CC(=O)OCC[C@@]12CC[C@@H]3C(=O)c4cc(OS(=O)(=O)c5ccc(C)cc5)c(OS(=O)(=O)c5ccc(C)cc5)cc4N(C(=O)C1)C32. The lowest BCUT2D eigenvalue weighted by Gasteiger charge is -2.39. The second kappa shape index (κ2) is 11.0. The molecule has 0 spiro atoms. The summed E-state index contributed by atoms with van der Waals surface area (Å²) in [5.74, 6) is -2.64. The molecule has 1 aliphatic carbocycles. The Hall–Kier alpha value is -4.23. The molecule has 1 saturated heterocycles. The zero-order valence-electron chi connectivity index (χ0n) is 24.8. The molecule has 236 valence electrons. The second-order valence-corrected chi connectivity index (χ2v) is 15.0. The molecule has 3 aromatic rings. The number of carbonyl (C=O) groups is 3. The molecule has 3 atom stereocenters. The number of benzene rings is 3. The smallest absolute Gasteiger partial charge is 0.339 e. The summed E-state index contributed by atoms with van der Waals surface area (Å²) in [5.41, 5.74) is 1.13. The number of hydrogen-bond donors (Lipinski definition) is 0.